The predicted octanol–water partition coefficient (Wildman–Crippen LogP) is 4.10. The van der Waals surface area contributed by atoms with Gasteiger partial charge in [-0.3, -0.25) is 9.56 Å². The van der Waals surface area contributed by atoms with Gasteiger partial charge in [-0.1, -0.05) is 0 Å². The molecular weight excluding hydrogens is 390 g/mol. The van der Waals surface area contributed by atoms with E-state index in [9.17, 15) is 17.6 Å². The molecule has 0 spiro atoms. The molecule has 2 heterocycles. The number of aryl methyl sites for hydroxylation is 1. The van der Waals surface area contributed by atoms with Crippen LogP contribution in [0.3, 0.4) is 0 Å². The molecule has 0 N–H and O–H groups in total. The Morgan fingerprint density at radius 2 is 2.11 bits per heavy atom. The van der Waals surface area contributed by atoms with Crippen LogP contribution in [0.5, 0.6) is 5.88 Å². The van der Waals surface area contributed by atoms with Crippen LogP contribution in [0.15, 0.2) is 23.3 Å². The van der Waals surface area contributed by atoms with Gasteiger partial charge in [0.05, 0.1) is 5.70 Å². The van der Waals surface area contributed by atoms with Gasteiger partial charge in [0.25, 0.3) is 5.92 Å². The Bertz CT molecular complexity index is 868. The summed E-state index contributed by atoms with van der Waals surface area (Å²) in [6.07, 6.45) is 1.33. The molecule has 144 valence electrons. The number of halogens is 5. The Labute approximate surface area is 156 Å². The van der Waals surface area contributed by atoms with Gasteiger partial charge in [-0.15, -0.1) is 10.2 Å². The van der Waals surface area contributed by atoms with Crippen LogP contribution in [-0.2, 0) is 5.38 Å². The van der Waals surface area contributed by atoms with E-state index in [1.807, 2.05) is 0 Å². The molecule has 1 aliphatic carbocycles. The molecular formula is C16H14ClF4N5O. The van der Waals surface area contributed by atoms with Gasteiger partial charge in [0.15, 0.2) is 0 Å². The molecule has 0 atom stereocenters. The van der Waals surface area contributed by atoms with Gasteiger partial charge < -0.3 is 4.74 Å². The van der Waals surface area contributed by atoms with Crippen LogP contribution in [0.25, 0.3) is 11.9 Å². The average molecular weight is 404 g/mol. The van der Waals surface area contributed by atoms with Crippen molar-refractivity contribution in [3.05, 3.63) is 35.5 Å². The third-order valence-electron chi connectivity index (χ3n) is 3.91. The Hall–Kier alpha value is -2.49. The van der Waals surface area contributed by atoms with Gasteiger partial charge in [-0.2, -0.15) is 8.78 Å². The smallest absolute Gasteiger partial charge is 0.382 e. The van der Waals surface area contributed by atoms with Crippen molar-refractivity contribution in [2.24, 2.45) is 4.99 Å². The molecule has 0 unspecified atom stereocenters. The topological polar surface area (TPSA) is 65.2 Å². The predicted molar refractivity (Wildman–Crippen MR) is 91.1 cm³/mol. The Morgan fingerprint density at radius 1 is 1.41 bits per heavy atom. The van der Waals surface area contributed by atoms with Crippen LogP contribution in [0.1, 0.15) is 30.1 Å². The normalized spacial score (nSPS) is 17.5. The number of pyridine rings is 1. The lowest BCUT2D eigenvalue weighted by Crippen LogP contribution is -2.43. The first-order valence-electron chi connectivity index (χ1n) is 7.77. The molecule has 0 amide bonds. The summed E-state index contributed by atoms with van der Waals surface area (Å²) < 4.78 is 58.9. The summed E-state index contributed by atoms with van der Waals surface area (Å²) in [6.45, 7) is 4.89. The molecule has 1 aliphatic rings. The van der Waals surface area contributed by atoms with Gasteiger partial charge in [-0.25, -0.2) is 13.8 Å². The van der Waals surface area contributed by atoms with E-state index in [0.29, 0.717) is 5.56 Å². The quantitative estimate of drug-likeness (QED) is 0.414. The molecule has 27 heavy (non-hydrogen) atoms. The zero-order chi connectivity index (χ0) is 19.8. The van der Waals surface area contributed by atoms with E-state index in [-0.39, 0.29) is 30.2 Å². The van der Waals surface area contributed by atoms with Crippen LogP contribution in [0.2, 0.25) is 0 Å². The zero-order valence-electron chi connectivity index (χ0n) is 14.0. The summed E-state index contributed by atoms with van der Waals surface area (Å²) in [5.41, 5.74) is 0.641. The minimum absolute atomic E-state index is 0.172. The lowest BCUT2D eigenvalue weighted by Gasteiger charge is -2.34. The second kappa shape index (κ2) is 6.91. The molecule has 0 radical (unpaired) electrons. The summed E-state index contributed by atoms with van der Waals surface area (Å²) in [5, 5.41) is 3.24. The van der Waals surface area contributed by atoms with E-state index in [0.717, 1.165) is 4.57 Å². The fourth-order valence-corrected chi connectivity index (χ4v) is 2.64. The van der Waals surface area contributed by atoms with E-state index in [2.05, 4.69) is 26.9 Å². The van der Waals surface area contributed by atoms with Crippen LogP contribution < -0.4 is 4.74 Å². The maximum absolute atomic E-state index is 13.4. The van der Waals surface area contributed by atoms with Crippen molar-refractivity contribution >= 4 is 30.2 Å². The van der Waals surface area contributed by atoms with Crippen LogP contribution in [0.4, 0.5) is 17.6 Å². The molecule has 3 rings (SSSR count). The van der Waals surface area contributed by atoms with Gasteiger partial charge in [0, 0.05) is 36.9 Å². The van der Waals surface area contributed by atoms with Crippen molar-refractivity contribution in [1.82, 2.24) is 19.7 Å². The van der Waals surface area contributed by atoms with Gasteiger partial charge in [0.2, 0.25) is 11.7 Å². The second-order valence-electron chi connectivity index (χ2n) is 6.00. The van der Waals surface area contributed by atoms with Crippen molar-refractivity contribution < 1.29 is 22.3 Å². The highest BCUT2D eigenvalue weighted by atomic mass is 35.5. The van der Waals surface area contributed by atoms with E-state index in [4.69, 9.17) is 16.3 Å². The SMILES string of the molecule is C=N/C(=C\n1c(C)nnc1C(F)(F)Cl)c1ccc(OC2CC(F)(F)C2)nc1. The van der Waals surface area contributed by atoms with Gasteiger partial charge >= 0.3 is 5.38 Å². The van der Waals surface area contributed by atoms with Crippen molar-refractivity contribution in [2.45, 2.75) is 37.2 Å². The lowest BCUT2D eigenvalue weighted by molar-refractivity contribution is -0.135. The van der Waals surface area contributed by atoms with Crippen molar-refractivity contribution in [3.8, 4) is 5.88 Å². The minimum atomic E-state index is -3.72. The van der Waals surface area contributed by atoms with E-state index in [1.165, 1.54) is 25.4 Å². The minimum Gasteiger partial charge on any atom is -0.474 e. The first-order valence-corrected chi connectivity index (χ1v) is 8.15. The van der Waals surface area contributed by atoms with Crippen LogP contribution in [0, 0.1) is 6.92 Å². The number of aliphatic imine (C=N–C) groups is 1. The molecule has 0 saturated heterocycles. The molecule has 1 saturated carbocycles. The third-order valence-corrected chi connectivity index (χ3v) is 4.08. The number of hydrogen-bond acceptors (Lipinski definition) is 5. The van der Waals surface area contributed by atoms with Crippen molar-refractivity contribution in [3.63, 3.8) is 0 Å². The summed E-state index contributed by atoms with van der Waals surface area (Å²) in [6, 6.07) is 3.03. The van der Waals surface area contributed by atoms with Crippen molar-refractivity contribution in [2.75, 3.05) is 0 Å². The number of alkyl halides is 5. The first kappa shape index (κ1) is 19.3. The Kier molecular flexibility index (Phi) is 4.94. The molecule has 2 aromatic rings. The molecule has 0 aliphatic heterocycles. The molecule has 1 fully saturated rings. The second-order valence-corrected chi connectivity index (χ2v) is 6.47. The fourth-order valence-electron chi connectivity index (χ4n) is 2.51. The largest absolute Gasteiger partial charge is 0.474 e. The number of ether oxygens (including phenoxy) is 1. The summed E-state index contributed by atoms with van der Waals surface area (Å²) >= 11 is 5.04. The molecule has 11 heteroatoms. The van der Waals surface area contributed by atoms with E-state index < -0.39 is 23.2 Å². The summed E-state index contributed by atoms with van der Waals surface area (Å²) in [7, 11) is 0. The highest BCUT2D eigenvalue weighted by Gasteiger charge is 2.47. The molecule has 2 aromatic heterocycles. The van der Waals surface area contributed by atoms with Crippen molar-refractivity contribution in [1.29, 1.82) is 0 Å². The number of aromatic nitrogens is 4. The number of nitrogens with zero attached hydrogens (tertiary/aromatic N) is 5. The number of rotatable bonds is 6. The summed E-state index contributed by atoms with van der Waals surface area (Å²) in [4.78, 5) is 7.83. The molecule has 0 bridgehead atoms. The van der Waals surface area contributed by atoms with E-state index >= 15 is 0 Å². The Morgan fingerprint density at radius 3 is 2.63 bits per heavy atom. The van der Waals surface area contributed by atoms with Crippen LogP contribution >= 0.6 is 11.6 Å². The standard InChI is InChI=1S/C16H14ClF4N5O/c1-9-24-25-14(16(17,20)21)26(9)8-12(22-2)10-3-4-13(23-7-10)27-11-5-15(18,19)6-11/h3-4,7-8,11H,2,5-6H2,1H3/b12-8-. The molecule has 0 aromatic carbocycles. The fraction of sp³-hybridized carbons (Fsp3) is 0.375. The number of hydrogen-bond donors (Lipinski definition) is 0. The van der Waals surface area contributed by atoms with Gasteiger partial charge in [0.1, 0.15) is 11.9 Å². The highest BCUT2D eigenvalue weighted by molar-refractivity contribution is 6.21. The highest BCUT2D eigenvalue weighted by Crippen LogP contribution is 2.39. The van der Waals surface area contributed by atoms with Crippen LogP contribution in [-0.4, -0.2) is 38.5 Å². The molecule has 6 nitrogen and oxygen atoms in total. The maximum Gasteiger partial charge on any atom is 0.382 e. The third kappa shape index (κ3) is 4.26. The first-order chi connectivity index (χ1) is 12.6. The zero-order valence-corrected chi connectivity index (χ0v) is 14.8. The lowest BCUT2D eigenvalue weighted by atomic mass is 9.91. The average Bonchev–Trinajstić information content (AvgIpc) is 2.92. The van der Waals surface area contributed by atoms with Gasteiger partial charge in [-0.05, 0) is 31.3 Å². The van der Waals surface area contributed by atoms with E-state index in [1.54, 1.807) is 6.07 Å². The summed E-state index contributed by atoms with van der Waals surface area (Å²) in [5.74, 6) is -3.10. The maximum atomic E-state index is 13.4. The Balaban J connectivity index is 1.81. The monoisotopic (exact) mass is 403 g/mol.